The van der Waals surface area contributed by atoms with Crippen LogP contribution in [0.5, 0.6) is 5.75 Å². The van der Waals surface area contributed by atoms with Gasteiger partial charge in [0.2, 0.25) is 5.91 Å². The number of nitrogens with zero attached hydrogens (tertiary/aromatic N) is 2. The smallest absolute Gasteiger partial charge is 0.246 e. The number of anilines is 1. The molecule has 0 fully saturated rings. The van der Waals surface area contributed by atoms with Crippen LogP contribution in [-0.2, 0) is 11.2 Å². The highest BCUT2D eigenvalue weighted by atomic mass is 32.1. The summed E-state index contributed by atoms with van der Waals surface area (Å²) in [5.74, 6) is -0.130. The Labute approximate surface area is 113 Å². The highest BCUT2D eigenvalue weighted by Gasteiger charge is 2.05. The van der Waals surface area contributed by atoms with Gasteiger partial charge in [-0.05, 0) is 17.7 Å². The third-order valence-corrected chi connectivity index (χ3v) is 2.91. The molecule has 6 nitrogen and oxygen atoms in total. The molecule has 0 saturated carbocycles. The number of phenols is 1. The number of thiazole rings is 1. The summed E-state index contributed by atoms with van der Waals surface area (Å²) in [6.45, 7) is 0. The lowest BCUT2D eigenvalue weighted by Gasteiger charge is -1.97. The Kier molecular flexibility index (Phi) is 4.09. The zero-order valence-electron chi connectivity index (χ0n) is 9.91. The Morgan fingerprint density at radius 3 is 3.11 bits per heavy atom. The molecule has 0 radical (unpaired) electrons. The summed E-state index contributed by atoms with van der Waals surface area (Å²) in [4.78, 5) is 15.5. The van der Waals surface area contributed by atoms with Crippen LogP contribution in [0, 0.1) is 0 Å². The predicted octanol–water partition coefficient (Wildman–Crippen LogP) is 1.12. The molecule has 1 aromatic carbocycles. The zero-order chi connectivity index (χ0) is 13.7. The van der Waals surface area contributed by atoms with Gasteiger partial charge in [-0.2, -0.15) is 5.10 Å². The van der Waals surface area contributed by atoms with Crippen molar-refractivity contribution in [2.24, 2.45) is 5.10 Å². The molecule has 0 spiro atoms. The second-order valence-corrected chi connectivity index (χ2v) is 4.63. The van der Waals surface area contributed by atoms with Crippen molar-refractivity contribution < 1.29 is 9.90 Å². The van der Waals surface area contributed by atoms with Crippen molar-refractivity contribution in [3.05, 3.63) is 40.9 Å². The van der Waals surface area contributed by atoms with Gasteiger partial charge in [-0.15, -0.1) is 11.3 Å². The summed E-state index contributed by atoms with van der Waals surface area (Å²) in [6, 6.07) is 6.55. The number of aromatic nitrogens is 1. The first-order valence-corrected chi connectivity index (χ1v) is 6.32. The number of hydrazone groups is 1. The van der Waals surface area contributed by atoms with Gasteiger partial charge in [0.1, 0.15) is 5.75 Å². The molecular weight excluding hydrogens is 264 g/mol. The fourth-order valence-electron chi connectivity index (χ4n) is 1.39. The lowest BCUT2D eigenvalue weighted by Crippen LogP contribution is -2.19. The van der Waals surface area contributed by atoms with E-state index in [-0.39, 0.29) is 18.1 Å². The Bertz CT molecular complexity index is 609. The van der Waals surface area contributed by atoms with Gasteiger partial charge >= 0.3 is 0 Å². The minimum atomic E-state index is -0.276. The maximum Gasteiger partial charge on any atom is 0.246 e. The largest absolute Gasteiger partial charge is 0.508 e. The van der Waals surface area contributed by atoms with E-state index in [0.717, 1.165) is 0 Å². The van der Waals surface area contributed by atoms with Crippen LogP contribution in [-0.4, -0.2) is 22.2 Å². The van der Waals surface area contributed by atoms with Gasteiger partial charge in [0.25, 0.3) is 0 Å². The first kappa shape index (κ1) is 13.0. The van der Waals surface area contributed by atoms with Crippen molar-refractivity contribution in [2.75, 3.05) is 5.73 Å². The minimum Gasteiger partial charge on any atom is -0.508 e. The lowest BCUT2D eigenvalue weighted by atomic mass is 10.2. The van der Waals surface area contributed by atoms with Crippen LogP contribution < -0.4 is 11.2 Å². The van der Waals surface area contributed by atoms with Gasteiger partial charge in [-0.25, -0.2) is 10.4 Å². The van der Waals surface area contributed by atoms with E-state index < -0.39 is 0 Å². The van der Waals surface area contributed by atoms with E-state index in [2.05, 4.69) is 15.5 Å². The number of hydrogen-bond acceptors (Lipinski definition) is 6. The van der Waals surface area contributed by atoms with Gasteiger partial charge in [0, 0.05) is 5.38 Å². The molecule has 98 valence electrons. The number of carbonyl (C=O) groups excluding carboxylic acids is 1. The quantitative estimate of drug-likeness (QED) is 0.575. The van der Waals surface area contributed by atoms with Crippen LogP contribution >= 0.6 is 11.3 Å². The Balaban J connectivity index is 1.86. The van der Waals surface area contributed by atoms with E-state index in [4.69, 9.17) is 5.73 Å². The van der Waals surface area contributed by atoms with E-state index >= 15 is 0 Å². The number of rotatable bonds is 4. The highest BCUT2D eigenvalue weighted by Crippen LogP contribution is 2.11. The van der Waals surface area contributed by atoms with Gasteiger partial charge in [0.05, 0.1) is 18.3 Å². The predicted molar refractivity (Wildman–Crippen MR) is 74.1 cm³/mol. The van der Waals surface area contributed by atoms with Crippen molar-refractivity contribution in [3.63, 3.8) is 0 Å². The third-order valence-electron chi connectivity index (χ3n) is 2.18. The van der Waals surface area contributed by atoms with E-state index in [1.165, 1.54) is 23.6 Å². The van der Waals surface area contributed by atoms with Crippen LogP contribution in [0.2, 0.25) is 0 Å². The van der Waals surface area contributed by atoms with Crippen molar-refractivity contribution in [1.82, 2.24) is 10.4 Å². The average molecular weight is 276 g/mol. The summed E-state index contributed by atoms with van der Waals surface area (Å²) in [5.41, 5.74) is 9.16. The summed E-state index contributed by atoms with van der Waals surface area (Å²) in [5, 5.41) is 15.2. The molecule has 19 heavy (non-hydrogen) atoms. The molecule has 0 atom stereocenters. The van der Waals surface area contributed by atoms with Crippen molar-refractivity contribution in [1.29, 1.82) is 0 Å². The zero-order valence-corrected chi connectivity index (χ0v) is 10.7. The summed E-state index contributed by atoms with van der Waals surface area (Å²) in [6.07, 6.45) is 1.58. The first-order valence-electron chi connectivity index (χ1n) is 5.44. The molecule has 0 saturated heterocycles. The van der Waals surface area contributed by atoms with E-state index in [1.54, 1.807) is 23.6 Å². The van der Waals surface area contributed by atoms with E-state index in [9.17, 15) is 9.90 Å². The number of nitrogens with one attached hydrogen (secondary N) is 1. The normalized spacial score (nSPS) is 10.7. The Morgan fingerprint density at radius 2 is 2.42 bits per heavy atom. The molecule has 1 heterocycles. The van der Waals surface area contributed by atoms with Crippen LogP contribution in [0.4, 0.5) is 5.13 Å². The summed E-state index contributed by atoms with van der Waals surface area (Å²) in [7, 11) is 0. The Hall–Kier alpha value is -2.41. The summed E-state index contributed by atoms with van der Waals surface area (Å²) >= 11 is 1.29. The van der Waals surface area contributed by atoms with Crippen molar-refractivity contribution in [3.8, 4) is 5.75 Å². The number of hydrogen-bond donors (Lipinski definition) is 3. The van der Waals surface area contributed by atoms with Gasteiger partial charge in [-0.1, -0.05) is 12.1 Å². The van der Waals surface area contributed by atoms with Crippen molar-refractivity contribution >= 4 is 28.6 Å². The van der Waals surface area contributed by atoms with Crippen molar-refractivity contribution in [2.45, 2.75) is 6.42 Å². The topological polar surface area (TPSA) is 101 Å². The maximum absolute atomic E-state index is 11.5. The molecule has 0 unspecified atom stereocenters. The molecule has 2 rings (SSSR count). The molecule has 0 aliphatic heterocycles. The van der Waals surface area contributed by atoms with Gasteiger partial charge in [0.15, 0.2) is 5.13 Å². The second-order valence-electron chi connectivity index (χ2n) is 3.74. The fraction of sp³-hybridized carbons (Fsp3) is 0.0833. The van der Waals surface area contributed by atoms with Gasteiger partial charge < -0.3 is 10.8 Å². The number of nitrogen functional groups attached to an aromatic ring is 1. The van der Waals surface area contributed by atoms with E-state index in [1.807, 2.05) is 0 Å². The number of benzene rings is 1. The SMILES string of the molecule is Nc1nc(CC(=O)NN=Cc2cccc(O)c2)cs1. The highest BCUT2D eigenvalue weighted by molar-refractivity contribution is 7.13. The molecule has 2 aromatic rings. The van der Waals surface area contributed by atoms with Crippen LogP contribution in [0.1, 0.15) is 11.3 Å². The monoisotopic (exact) mass is 276 g/mol. The average Bonchev–Trinajstić information content (AvgIpc) is 2.75. The molecule has 4 N–H and O–H groups in total. The molecule has 1 amide bonds. The van der Waals surface area contributed by atoms with Crippen LogP contribution in [0.25, 0.3) is 0 Å². The molecule has 0 bridgehead atoms. The molecular formula is C12H12N4O2S. The fourth-order valence-corrected chi connectivity index (χ4v) is 1.95. The third kappa shape index (κ3) is 4.07. The van der Waals surface area contributed by atoms with E-state index in [0.29, 0.717) is 16.4 Å². The standard InChI is InChI=1S/C12H12N4O2S/c13-12-15-9(7-19-12)5-11(18)16-14-6-8-2-1-3-10(17)4-8/h1-4,6-7,17H,5H2,(H2,13,15)(H,16,18). The van der Waals surface area contributed by atoms with Crippen LogP contribution in [0.15, 0.2) is 34.7 Å². The molecule has 7 heteroatoms. The lowest BCUT2D eigenvalue weighted by molar-refractivity contribution is -0.120. The number of carbonyl (C=O) groups is 1. The minimum absolute atomic E-state index is 0.130. The summed E-state index contributed by atoms with van der Waals surface area (Å²) < 4.78 is 0. The Morgan fingerprint density at radius 1 is 1.58 bits per heavy atom. The molecule has 0 aliphatic rings. The first-order chi connectivity index (χ1) is 9.13. The van der Waals surface area contributed by atoms with Crippen LogP contribution in [0.3, 0.4) is 0 Å². The number of aromatic hydroxyl groups is 1. The maximum atomic E-state index is 11.5. The number of nitrogens with two attached hydrogens (primary N) is 1. The molecule has 0 aliphatic carbocycles. The van der Waals surface area contributed by atoms with Gasteiger partial charge in [-0.3, -0.25) is 4.79 Å². The number of phenolic OH excluding ortho intramolecular Hbond substituents is 1. The second kappa shape index (κ2) is 5.96. The molecule has 1 aromatic heterocycles. The number of amides is 1.